The molecule has 3 aromatic heterocycles. The molecule has 0 aliphatic rings. The number of benzene rings is 9. The third-order valence-corrected chi connectivity index (χ3v) is 11.7. The Bertz CT molecular complexity index is 3490. The summed E-state index contributed by atoms with van der Waals surface area (Å²) in [5.41, 5.74) is 11.8. The summed E-state index contributed by atoms with van der Waals surface area (Å²) in [5, 5.41) is 9.84. The molecule has 4 heteroatoms. The van der Waals surface area contributed by atoms with Gasteiger partial charge < -0.3 is 9.13 Å². The first-order valence-corrected chi connectivity index (χ1v) is 19.8. The van der Waals surface area contributed by atoms with Gasteiger partial charge in [-0.25, -0.2) is 9.97 Å². The number of hydrogen-bond acceptors (Lipinski definition) is 2. The summed E-state index contributed by atoms with van der Waals surface area (Å²) in [5.74, 6) is 0.690. The van der Waals surface area contributed by atoms with Crippen molar-refractivity contribution in [3.63, 3.8) is 0 Å². The quantitative estimate of drug-likeness (QED) is 0.165. The maximum Gasteiger partial charge on any atom is 0.160 e. The summed E-state index contributed by atoms with van der Waals surface area (Å²) >= 11 is 0. The van der Waals surface area contributed by atoms with Crippen molar-refractivity contribution in [1.29, 1.82) is 0 Å². The Kier molecular flexibility index (Phi) is 7.20. The summed E-state index contributed by atoms with van der Waals surface area (Å²) in [6.45, 7) is 0. The van der Waals surface area contributed by atoms with Crippen molar-refractivity contribution in [1.82, 2.24) is 19.1 Å². The van der Waals surface area contributed by atoms with E-state index in [4.69, 9.17) is 9.97 Å². The smallest absolute Gasteiger partial charge is 0.160 e. The molecule has 270 valence electrons. The molecule has 0 unspecified atom stereocenters. The SMILES string of the molecule is c1ccc(-c2cc(-c3ccccc3)nc(-c3cccc(-n4c5ccccc5c5ccc6c(ccc7ccc8c9ccccc9n(-c9ccccc9)c8c76)c54)c3)n2)cc1. The molecule has 0 saturated heterocycles. The second-order valence-corrected chi connectivity index (χ2v) is 15.0. The monoisotopic (exact) mass is 738 g/mol. The zero-order valence-electron chi connectivity index (χ0n) is 31.4. The molecule has 0 bridgehead atoms. The molecule has 0 aliphatic heterocycles. The number of fused-ring (bicyclic) bond motifs is 11. The van der Waals surface area contributed by atoms with Crippen LogP contribution in [0.1, 0.15) is 0 Å². The third kappa shape index (κ3) is 4.95. The normalized spacial score (nSPS) is 11.8. The van der Waals surface area contributed by atoms with Gasteiger partial charge in [-0.1, -0.05) is 164 Å². The molecule has 3 heterocycles. The van der Waals surface area contributed by atoms with Crippen LogP contribution >= 0.6 is 0 Å². The molecule has 0 atom stereocenters. The zero-order valence-corrected chi connectivity index (χ0v) is 31.4. The van der Waals surface area contributed by atoms with Gasteiger partial charge in [-0.2, -0.15) is 0 Å². The fourth-order valence-electron chi connectivity index (χ4n) is 9.13. The van der Waals surface area contributed by atoms with Crippen LogP contribution in [0.15, 0.2) is 206 Å². The van der Waals surface area contributed by atoms with E-state index in [1.54, 1.807) is 0 Å². The molecule has 0 radical (unpaired) electrons. The van der Waals surface area contributed by atoms with E-state index < -0.39 is 0 Å². The van der Waals surface area contributed by atoms with Crippen LogP contribution in [-0.2, 0) is 0 Å². The van der Waals surface area contributed by atoms with Crippen molar-refractivity contribution in [2.75, 3.05) is 0 Å². The Labute approximate surface area is 334 Å². The Balaban J connectivity index is 1.14. The van der Waals surface area contributed by atoms with E-state index in [-0.39, 0.29) is 0 Å². The van der Waals surface area contributed by atoms with E-state index in [0.717, 1.165) is 45.0 Å². The van der Waals surface area contributed by atoms with Gasteiger partial charge in [-0.15, -0.1) is 0 Å². The molecule has 9 aromatic carbocycles. The minimum absolute atomic E-state index is 0.690. The Morgan fingerprint density at radius 2 is 0.776 bits per heavy atom. The van der Waals surface area contributed by atoms with Crippen LogP contribution in [0.5, 0.6) is 0 Å². The zero-order chi connectivity index (χ0) is 38.2. The molecule has 0 saturated carbocycles. The molecule has 12 aromatic rings. The Morgan fingerprint density at radius 3 is 1.41 bits per heavy atom. The van der Waals surface area contributed by atoms with Gasteiger partial charge in [-0.3, -0.25) is 0 Å². The molecule has 0 amide bonds. The van der Waals surface area contributed by atoms with Gasteiger partial charge in [0.05, 0.1) is 33.5 Å². The molecule has 0 aliphatic carbocycles. The largest absolute Gasteiger partial charge is 0.309 e. The van der Waals surface area contributed by atoms with Gasteiger partial charge in [0.1, 0.15) is 0 Å². The predicted octanol–water partition coefficient (Wildman–Crippen LogP) is 14.0. The maximum absolute atomic E-state index is 5.19. The highest BCUT2D eigenvalue weighted by atomic mass is 15.0. The van der Waals surface area contributed by atoms with Crippen LogP contribution in [0.3, 0.4) is 0 Å². The number of aromatic nitrogens is 4. The van der Waals surface area contributed by atoms with Crippen molar-refractivity contribution in [2.45, 2.75) is 0 Å². The van der Waals surface area contributed by atoms with E-state index in [2.05, 4.69) is 203 Å². The summed E-state index contributed by atoms with van der Waals surface area (Å²) in [6, 6.07) is 73.7. The van der Waals surface area contributed by atoms with Gasteiger partial charge in [-0.05, 0) is 53.2 Å². The van der Waals surface area contributed by atoms with E-state index in [1.807, 2.05) is 12.1 Å². The molecule has 0 N–H and O–H groups in total. The van der Waals surface area contributed by atoms with Gasteiger partial charge >= 0.3 is 0 Å². The lowest BCUT2D eigenvalue weighted by Crippen LogP contribution is -1.98. The van der Waals surface area contributed by atoms with E-state index in [1.165, 1.54) is 59.6 Å². The highest BCUT2D eigenvalue weighted by Crippen LogP contribution is 2.43. The van der Waals surface area contributed by atoms with Crippen LogP contribution in [0.2, 0.25) is 0 Å². The summed E-state index contributed by atoms with van der Waals surface area (Å²) in [4.78, 5) is 10.4. The molecule has 4 nitrogen and oxygen atoms in total. The number of rotatable bonds is 5. The second kappa shape index (κ2) is 12.9. The van der Waals surface area contributed by atoms with Crippen molar-refractivity contribution in [3.05, 3.63) is 206 Å². The lowest BCUT2D eigenvalue weighted by molar-refractivity contribution is 1.16. The van der Waals surface area contributed by atoms with Crippen LogP contribution < -0.4 is 0 Å². The fourth-order valence-corrected chi connectivity index (χ4v) is 9.13. The van der Waals surface area contributed by atoms with Crippen LogP contribution in [0, 0.1) is 0 Å². The summed E-state index contributed by atoms with van der Waals surface area (Å²) < 4.78 is 4.89. The molecule has 0 fully saturated rings. The number of nitrogens with zero attached hydrogens (tertiary/aromatic N) is 4. The average Bonchev–Trinajstić information content (AvgIpc) is 3.83. The van der Waals surface area contributed by atoms with Gasteiger partial charge in [0.25, 0.3) is 0 Å². The third-order valence-electron chi connectivity index (χ3n) is 11.7. The lowest BCUT2D eigenvalue weighted by atomic mass is 9.97. The lowest BCUT2D eigenvalue weighted by Gasteiger charge is -2.14. The van der Waals surface area contributed by atoms with E-state index in [9.17, 15) is 0 Å². The highest BCUT2D eigenvalue weighted by molar-refractivity contribution is 6.29. The topological polar surface area (TPSA) is 35.6 Å². The van der Waals surface area contributed by atoms with Gasteiger partial charge in [0.15, 0.2) is 5.82 Å². The fraction of sp³-hybridized carbons (Fsp3) is 0. The standard InChI is InChI=1S/C54H34N4/c1-4-15-35(16-5-1)47-34-48(36-17-6-2-7-18-36)56-54(55-47)38-19-14-22-40(33-38)58-50-26-13-10-23-41(50)44-32-31-43-46(52(44)58)30-28-37-27-29-45-42-24-11-12-25-49(42)57(53(45)51(37)43)39-20-8-3-9-21-39/h1-34H. The summed E-state index contributed by atoms with van der Waals surface area (Å²) in [7, 11) is 0. The highest BCUT2D eigenvalue weighted by Gasteiger charge is 2.21. The molecule has 58 heavy (non-hydrogen) atoms. The minimum atomic E-state index is 0.690. The maximum atomic E-state index is 5.19. The first kappa shape index (κ1) is 32.4. The van der Waals surface area contributed by atoms with Gasteiger partial charge in [0.2, 0.25) is 0 Å². The van der Waals surface area contributed by atoms with Crippen molar-refractivity contribution < 1.29 is 0 Å². The summed E-state index contributed by atoms with van der Waals surface area (Å²) in [6.07, 6.45) is 0. The molecular formula is C54H34N4. The second-order valence-electron chi connectivity index (χ2n) is 15.0. The first-order chi connectivity index (χ1) is 28.8. The van der Waals surface area contributed by atoms with E-state index in [0.29, 0.717) is 5.82 Å². The number of para-hydroxylation sites is 3. The van der Waals surface area contributed by atoms with Crippen LogP contribution in [0.4, 0.5) is 0 Å². The van der Waals surface area contributed by atoms with Crippen molar-refractivity contribution in [2.24, 2.45) is 0 Å². The molecule has 12 rings (SSSR count). The van der Waals surface area contributed by atoms with Gasteiger partial charge in [0, 0.05) is 60.4 Å². The molecular weight excluding hydrogens is 705 g/mol. The molecule has 0 spiro atoms. The Morgan fingerprint density at radius 1 is 0.310 bits per heavy atom. The minimum Gasteiger partial charge on any atom is -0.309 e. The van der Waals surface area contributed by atoms with E-state index >= 15 is 0 Å². The number of hydrogen-bond donors (Lipinski definition) is 0. The predicted molar refractivity (Wildman–Crippen MR) is 242 cm³/mol. The van der Waals surface area contributed by atoms with Crippen molar-refractivity contribution >= 4 is 65.2 Å². The van der Waals surface area contributed by atoms with Crippen LogP contribution in [0.25, 0.3) is 110 Å². The van der Waals surface area contributed by atoms with Crippen molar-refractivity contribution in [3.8, 4) is 45.3 Å². The van der Waals surface area contributed by atoms with Crippen LogP contribution in [-0.4, -0.2) is 19.1 Å². The Hall–Kier alpha value is -7.82. The average molecular weight is 739 g/mol. The first-order valence-electron chi connectivity index (χ1n) is 19.8.